The lowest BCUT2D eigenvalue weighted by Crippen LogP contribution is -2.13. The zero-order valence-electron chi connectivity index (χ0n) is 8.12. The summed E-state index contributed by atoms with van der Waals surface area (Å²) in [5.74, 6) is 0.193. The first kappa shape index (κ1) is 13.2. The maximum absolute atomic E-state index is 10.8. The van der Waals surface area contributed by atoms with Crippen LogP contribution in [-0.4, -0.2) is 27.9 Å². The lowest BCUT2D eigenvalue weighted by Gasteiger charge is -2.12. The van der Waals surface area contributed by atoms with Crippen LogP contribution in [0.4, 0.5) is 0 Å². The van der Waals surface area contributed by atoms with E-state index in [9.17, 15) is 8.42 Å². The van der Waals surface area contributed by atoms with Gasteiger partial charge in [-0.15, -0.1) is 0 Å². The average molecular weight is 229 g/mol. The van der Waals surface area contributed by atoms with Crippen molar-refractivity contribution >= 4 is 19.7 Å². The van der Waals surface area contributed by atoms with E-state index in [1.54, 1.807) is 7.11 Å². The van der Waals surface area contributed by atoms with E-state index in [1.165, 1.54) is 0 Å². The minimum Gasteiger partial charge on any atom is -0.385 e. The van der Waals surface area contributed by atoms with Crippen molar-refractivity contribution in [3.63, 3.8) is 0 Å². The second-order valence-corrected chi connectivity index (χ2v) is 5.96. The van der Waals surface area contributed by atoms with Crippen molar-refractivity contribution in [3.8, 4) is 0 Å². The van der Waals surface area contributed by atoms with Crippen LogP contribution in [-0.2, 0) is 13.8 Å². The molecule has 1 atom stereocenters. The van der Waals surface area contributed by atoms with Crippen molar-refractivity contribution in [3.05, 3.63) is 0 Å². The number of halogens is 1. The van der Waals surface area contributed by atoms with Crippen molar-refractivity contribution < 1.29 is 13.2 Å². The SMILES string of the molecule is CCC[C@@H](CCOC)CS(=O)(=O)Cl. The number of hydrogen-bond acceptors (Lipinski definition) is 3. The van der Waals surface area contributed by atoms with Crippen molar-refractivity contribution in [2.45, 2.75) is 26.2 Å². The molecule has 0 aromatic heterocycles. The van der Waals surface area contributed by atoms with E-state index in [-0.39, 0.29) is 11.7 Å². The molecule has 0 bridgehead atoms. The smallest absolute Gasteiger partial charge is 0.232 e. The Bertz CT molecular complexity index is 213. The highest BCUT2D eigenvalue weighted by molar-refractivity contribution is 8.13. The quantitative estimate of drug-likeness (QED) is 0.626. The molecule has 0 aliphatic carbocycles. The van der Waals surface area contributed by atoms with Gasteiger partial charge in [-0.1, -0.05) is 13.3 Å². The Balaban J connectivity index is 3.94. The molecule has 13 heavy (non-hydrogen) atoms. The van der Waals surface area contributed by atoms with Crippen LogP contribution in [0.5, 0.6) is 0 Å². The second kappa shape index (κ2) is 6.62. The topological polar surface area (TPSA) is 43.4 Å². The maximum Gasteiger partial charge on any atom is 0.232 e. The minimum absolute atomic E-state index is 0.0613. The van der Waals surface area contributed by atoms with Gasteiger partial charge in [-0.2, -0.15) is 0 Å². The van der Waals surface area contributed by atoms with E-state index >= 15 is 0 Å². The Morgan fingerprint density at radius 2 is 2.00 bits per heavy atom. The number of ether oxygens (including phenoxy) is 1. The van der Waals surface area contributed by atoms with Gasteiger partial charge < -0.3 is 4.74 Å². The molecule has 0 unspecified atom stereocenters. The van der Waals surface area contributed by atoms with Gasteiger partial charge in [0.05, 0.1) is 5.75 Å². The van der Waals surface area contributed by atoms with Gasteiger partial charge in [0.1, 0.15) is 0 Å². The molecule has 0 N–H and O–H groups in total. The molecule has 0 radical (unpaired) electrons. The summed E-state index contributed by atoms with van der Waals surface area (Å²) < 4.78 is 26.5. The Kier molecular flexibility index (Phi) is 6.73. The summed E-state index contributed by atoms with van der Waals surface area (Å²) >= 11 is 0. The number of methoxy groups -OCH3 is 1. The Labute approximate surface area is 84.8 Å². The largest absolute Gasteiger partial charge is 0.385 e. The van der Waals surface area contributed by atoms with Crippen molar-refractivity contribution in [2.75, 3.05) is 19.5 Å². The lowest BCUT2D eigenvalue weighted by molar-refractivity contribution is 0.178. The van der Waals surface area contributed by atoms with Gasteiger partial charge in [0.15, 0.2) is 0 Å². The average Bonchev–Trinajstić information content (AvgIpc) is 1.98. The molecule has 0 saturated carbocycles. The van der Waals surface area contributed by atoms with E-state index < -0.39 is 9.05 Å². The van der Waals surface area contributed by atoms with Gasteiger partial charge in [-0.3, -0.25) is 0 Å². The van der Waals surface area contributed by atoms with Gasteiger partial charge in [-0.25, -0.2) is 8.42 Å². The molecule has 0 aromatic carbocycles. The van der Waals surface area contributed by atoms with E-state index in [0.717, 1.165) is 19.3 Å². The van der Waals surface area contributed by atoms with Crippen LogP contribution >= 0.6 is 10.7 Å². The van der Waals surface area contributed by atoms with Crippen molar-refractivity contribution in [1.29, 1.82) is 0 Å². The fraction of sp³-hybridized carbons (Fsp3) is 1.00. The first-order chi connectivity index (χ1) is 5.99. The predicted molar refractivity (Wildman–Crippen MR) is 54.5 cm³/mol. The van der Waals surface area contributed by atoms with Crippen LogP contribution in [0, 0.1) is 5.92 Å². The summed E-state index contributed by atoms with van der Waals surface area (Å²) in [5, 5.41) is 0. The zero-order chi connectivity index (χ0) is 10.3. The van der Waals surface area contributed by atoms with Gasteiger partial charge in [0.2, 0.25) is 9.05 Å². The predicted octanol–water partition coefficient (Wildman–Crippen LogP) is 2.01. The summed E-state index contributed by atoms with van der Waals surface area (Å²) in [7, 11) is 3.42. The fourth-order valence-electron chi connectivity index (χ4n) is 1.29. The lowest BCUT2D eigenvalue weighted by atomic mass is 10.0. The third-order valence-corrected chi connectivity index (χ3v) is 3.11. The zero-order valence-corrected chi connectivity index (χ0v) is 9.70. The summed E-state index contributed by atoms with van der Waals surface area (Å²) in [4.78, 5) is 0. The van der Waals surface area contributed by atoms with Crippen molar-refractivity contribution in [1.82, 2.24) is 0 Å². The van der Waals surface area contributed by atoms with Crippen LogP contribution in [0.1, 0.15) is 26.2 Å². The fourth-order valence-corrected chi connectivity index (χ4v) is 2.72. The molecule has 0 aliphatic heterocycles. The van der Waals surface area contributed by atoms with Crippen LogP contribution in [0.2, 0.25) is 0 Å². The first-order valence-electron chi connectivity index (χ1n) is 4.41. The molecule has 3 nitrogen and oxygen atoms in total. The highest BCUT2D eigenvalue weighted by Crippen LogP contribution is 2.15. The van der Waals surface area contributed by atoms with Crippen LogP contribution < -0.4 is 0 Å². The number of rotatable bonds is 7. The van der Waals surface area contributed by atoms with E-state index in [2.05, 4.69) is 0 Å². The van der Waals surface area contributed by atoms with E-state index in [0.29, 0.717) is 6.61 Å². The standard InChI is InChI=1S/C8H17ClO3S/c1-3-4-8(5-6-12-2)7-13(9,10)11/h8H,3-7H2,1-2H3/t8-/m0/s1. The highest BCUT2D eigenvalue weighted by Gasteiger charge is 2.15. The van der Waals surface area contributed by atoms with Gasteiger partial charge in [-0.05, 0) is 18.8 Å². The third-order valence-electron chi connectivity index (χ3n) is 1.86. The van der Waals surface area contributed by atoms with E-state index in [4.69, 9.17) is 15.4 Å². The molecule has 0 fully saturated rings. The minimum atomic E-state index is -3.36. The molecule has 0 rings (SSSR count). The molecular weight excluding hydrogens is 212 g/mol. The Hall–Kier alpha value is 0.200. The van der Waals surface area contributed by atoms with Crippen molar-refractivity contribution in [2.24, 2.45) is 5.92 Å². The molecular formula is C8H17ClO3S. The molecule has 5 heteroatoms. The second-order valence-electron chi connectivity index (χ2n) is 3.14. The molecule has 0 saturated heterocycles. The molecule has 80 valence electrons. The highest BCUT2D eigenvalue weighted by atomic mass is 35.7. The maximum atomic E-state index is 10.8. The Morgan fingerprint density at radius 1 is 1.38 bits per heavy atom. The molecule has 0 spiro atoms. The molecule has 0 heterocycles. The van der Waals surface area contributed by atoms with Gasteiger partial charge in [0, 0.05) is 24.4 Å². The summed E-state index contributed by atoms with van der Waals surface area (Å²) in [6.07, 6.45) is 2.62. The third kappa shape index (κ3) is 8.53. The summed E-state index contributed by atoms with van der Waals surface area (Å²) in [6, 6.07) is 0. The van der Waals surface area contributed by atoms with Crippen LogP contribution in [0.25, 0.3) is 0 Å². The summed E-state index contributed by atoms with van der Waals surface area (Å²) in [6.45, 7) is 2.62. The molecule has 0 amide bonds. The first-order valence-corrected chi connectivity index (χ1v) is 6.88. The normalized spacial score (nSPS) is 14.4. The molecule has 0 aromatic rings. The van der Waals surface area contributed by atoms with Gasteiger partial charge in [0.25, 0.3) is 0 Å². The monoisotopic (exact) mass is 228 g/mol. The van der Waals surface area contributed by atoms with E-state index in [1.807, 2.05) is 6.92 Å². The van der Waals surface area contributed by atoms with Gasteiger partial charge >= 0.3 is 0 Å². The Morgan fingerprint density at radius 3 is 2.38 bits per heavy atom. The van der Waals surface area contributed by atoms with Crippen LogP contribution in [0.15, 0.2) is 0 Å². The molecule has 0 aliphatic rings. The summed E-state index contributed by atoms with van der Waals surface area (Å²) in [5.41, 5.74) is 0. The van der Waals surface area contributed by atoms with Crippen LogP contribution in [0.3, 0.4) is 0 Å². The number of hydrogen-bond donors (Lipinski definition) is 0.